The van der Waals surface area contributed by atoms with Crippen LogP contribution >= 0.6 is 0 Å². The molecule has 1 aromatic rings. The molecule has 2 N–H and O–H groups in total. The molecule has 0 spiro atoms. The fourth-order valence-corrected chi connectivity index (χ4v) is 2.69. The van der Waals surface area contributed by atoms with Crippen LogP contribution in [0.4, 0.5) is 4.39 Å². The van der Waals surface area contributed by atoms with Gasteiger partial charge in [-0.25, -0.2) is 4.39 Å². The fraction of sp³-hybridized carbons (Fsp3) is 0.529. The van der Waals surface area contributed by atoms with Crippen LogP contribution in [0.2, 0.25) is 0 Å². The van der Waals surface area contributed by atoms with Gasteiger partial charge in [0.25, 0.3) is 0 Å². The summed E-state index contributed by atoms with van der Waals surface area (Å²) >= 11 is 0. The fourth-order valence-electron chi connectivity index (χ4n) is 2.69. The second kappa shape index (κ2) is 6.07. The molecule has 0 bridgehead atoms. The molecule has 5 heteroatoms. The van der Waals surface area contributed by atoms with Crippen molar-refractivity contribution in [3.8, 4) is 0 Å². The first-order valence-electron chi connectivity index (χ1n) is 7.51. The molecule has 1 saturated carbocycles. The average molecular weight is 307 g/mol. The molecule has 0 atom stereocenters. The summed E-state index contributed by atoms with van der Waals surface area (Å²) in [5.41, 5.74) is -0.727. The van der Waals surface area contributed by atoms with E-state index in [1.807, 2.05) is 6.07 Å². The van der Waals surface area contributed by atoms with Crippen LogP contribution in [0.5, 0.6) is 0 Å². The minimum absolute atomic E-state index is 0.0894. The quantitative estimate of drug-likeness (QED) is 0.849. The zero-order valence-corrected chi connectivity index (χ0v) is 13.0. The van der Waals surface area contributed by atoms with Crippen molar-refractivity contribution >= 4 is 11.9 Å². The first-order chi connectivity index (χ1) is 10.3. The van der Waals surface area contributed by atoms with Gasteiger partial charge in [-0.15, -0.1) is 0 Å². The van der Waals surface area contributed by atoms with E-state index in [4.69, 9.17) is 5.11 Å². The zero-order valence-electron chi connectivity index (χ0n) is 13.0. The van der Waals surface area contributed by atoms with Crippen LogP contribution in [0, 0.1) is 16.6 Å². The van der Waals surface area contributed by atoms with Gasteiger partial charge in [0, 0.05) is 6.54 Å². The van der Waals surface area contributed by atoms with E-state index in [0.29, 0.717) is 6.42 Å². The molecule has 0 aromatic heterocycles. The van der Waals surface area contributed by atoms with Gasteiger partial charge in [0.05, 0.1) is 10.8 Å². The van der Waals surface area contributed by atoms with Crippen molar-refractivity contribution in [1.29, 1.82) is 0 Å². The van der Waals surface area contributed by atoms with Crippen molar-refractivity contribution in [1.82, 2.24) is 5.32 Å². The van der Waals surface area contributed by atoms with Crippen molar-refractivity contribution in [2.24, 2.45) is 10.8 Å². The van der Waals surface area contributed by atoms with Crippen LogP contribution in [-0.2, 0) is 16.0 Å². The first-order valence-corrected chi connectivity index (χ1v) is 7.51. The number of carbonyl (C=O) groups excluding carboxylic acids is 1. The molecule has 0 heterocycles. The smallest absolute Gasteiger partial charge is 0.310 e. The predicted molar refractivity (Wildman–Crippen MR) is 80.8 cm³/mol. The van der Waals surface area contributed by atoms with Crippen molar-refractivity contribution in [3.05, 3.63) is 35.6 Å². The van der Waals surface area contributed by atoms with Gasteiger partial charge in [0.2, 0.25) is 5.91 Å². The number of halogens is 1. The molecule has 1 fully saturated rings. The largest absolute Gasteiger partial charge is 0.481 e. The normalized spacial score (nSPS) is 16.7. The number of carboxylic acid groups (broad SMARTS) is 1. The van der Waals surface area contributed by atoms with Crippen LogP contribution in [0.15, 0.2) is 24.3 Å². The third-order valence-corrected chi connectivity index (χ3v) is 4.49. The van der Waals surface area contributed by atoms with Gasteiger partial charge < -0.3 is 10.4 Å². The van der Waals surface area contributed by atoms with Gasteiger partial charge in [0.1, 0.15) is 5.82 Å². The lowest BCUT2D eigenvalue weighted by Gasteiger charge is -2.41. The minimum Gasteiger partial charge on any atom is -0.481 e. The molecule has 1 aliphatic rings. The summed E-state index contributed by atoms with van der Waals surface area (Å²) in [7, 11) is 0. The molecule has 1 aromatic carbocycles. The number of aliphatic carboxylic acids is 1. The second-order valence-corrected chi connectivity index (χ2v) is 6.81. The lowest BCUT2D eigenvalue weighted by atomic mass is 9.64. The number of benzene rings is 1. The number of hydrogen-bond donors (Lipinski definition) is 2. The zero-order chi connectivity index (χ0) is 16.4. The molecule has 4 nitrogen and oxygen atoms in total. The van der Waals surface area contributed by atoms with Gasteiger partial charge in [-0.1, -0.05) is 18.6 Å². The van der Waals surface area contributed by atoms with Crippen LogP contribution in [-0.4, -0.2) is 23.5 Å². The molecule has 2 rings (SSSR count). The minimum atomic E-state index is -1.00. The third-order valence-electron chi connectivity index (χ3n) is 4.49. The van der Waals surface area contributed by atoms with Crippen molar-refractivity contribution in [2.75, 3.05) is 6.54 Å². The Morgan fingerprint density at radius 1 is 1.36 bits per heavy atom. The molecule has 120 valence electrons. The highest BCUT2D eigenvalue weighted by Crippen LogP contribution is 2.44. The molecule has 1 amide bonds. The molecular formula is C17H22FNO3. The van der Waals surface area contributed by atoms with E-state index in [2.05, 4.69) is 5.32 Å². The third kappa shape index (κ3) is 3.46. The topological polar surface area (TPSA) is 66.4 Å². The summed E-state index contributed by atoms with van der Waals surface area (Å²) in [4.78, 5) is 23.6. The SMILES string of the molecule is CC(C)(CNC(=O)C1(Cc2cccc(F)c2)CCC1)C(=O)O. The van der Waals surface area contributed by atoms with Gasteiger partial charge in [-0.2, -0.15) is 0 Å². The van der Waals surface area contributed by atoms with E-state index in [0.717, 1.165) is 24.8 Å². The number of nitrogens with one attached hydrogen (secondary N) is 1. The summed E-state index contributed by atoms with van der Waals surface area (Å²) < 4.78 is 13.3. The monoisotopic (exact) mass is 307 g/mol. The Balaban J connectivity index is 2.04. The standard InChI is InChI=1S/C17H22FNO3/c1-16(2,15(21)22)11-19-14(20)17(7-4-8-17)10-12-5-3-6-13(18)9-12/h3,5-6,9H,4,7-8,10-11H2,1-2H3,(H,19,20)(H,21,22). The van der Waals surface area contributed by atoms with E-state index in [1.165, 1.54) is 12.1 Å². The van der Waals surface area contributed by atoms with Crippen LogP contribution in [0.1, 0.15) is 38.7 Å². The molecule has 0 unspecified atom stereocenters. The molecule has 0 saturated heterocycles. The molecular weight excluding hydrogens is 285 g/mol. The van der Waals surface area contributed by atoms with Gasteiger partial charge in [0.15, 0.2) is 0 Å². The Labute approximate surface area is 129 Å². The average Bonchev–Trinajstić information content (AvgIpc) is 2.40. The van der Waals surface area contributed by atoms with Gasteiger partial charge >= 0.3 is 5.97 Å². The Kier molecular flexibility index (Phi) is 4.54. The lowest BCUT2D eigenvalue weighted by Crippen LogP contribution is -2.50. The Morgan fingerprint density at radius 2 is 2.05 bits per heavy atom. The number of carbonyl (C=O) groups is 2. The van der Waals surface area contributed by atoms with E-state index in [1.54, 1.807) is 19.9 Å². The number of amides is 1. The van der Waals surface area contributed by atoms with Crippen LogP contribution in [0.3, 0.4) is 0 Å². The van der Waals surface area contributed by atoms with E-state index < -0.39 is 16.8 Å². The lowest BCUT2D eigenvalue weighted by molar-refractivity contribution is -0.147. The maximum atomic E-state index is 13.3. The Morgan fingerprint density at radius 3 is 2.55 bits per heavy atom. The number of hydrogen-bond acceptors (Lipinski definition) is 2. The Hall–Kier alpha value is -1.91. The first kappa shape index (κ1) is 16.5. The van der Waals surface area contributed by atoms with E-state index >= 15 is 0 Å². The maximum Gasteiger partial charge on any atom is 0.310 e. The van der Waals surface area contributed by atoms with Gasteiger partial charge in [-0.05, 0) is 50.8 Å². The molecule has 0 aliphatic heterocycles. The van der Waals surface area contributed by atoms with Crippen molar-refractivity contribution in [2.45, 2.75) is 39.5 Å². The summed E-state index contributed by atoms with van der Waals surface area (Å²) in [6, 6.07) is 6.29. The molecule has 1 aliphatic carbocycles. The summed E-state index contributed by atoms with van der Waals surface area (Å²) in [5.74, 6) is -1.38. The highest BCUT2D eigenvalue weighted by molar-refractivity contribution is 5.84. The number of carboxylic acids is 1. The Bertz CT molecular complexity index is 579. The second-order valence-electron chi connectivity index (χ2n) is 6.81. The van der Waals surface area contributed by atoms with Gasteiger partial charge in [-0.3, -0.25) is 9.59 Å². The van der Waals surface area contributed by atoms with E-state index in [-0.39, 0.29) is 18.3 Å². The van der Waals surface area contributed by atoms with E-state index in [9.17, 15) is 14.0 Å². The summed E-state index contributed by atoms with van der Waals surface area (Å²) in [6.07, 6.45) is 2.96. The number of rotatable bonds is 6. The molecule has 22 heavy (non-hydrogen) atoms. The maximum absolute atomic E-state index is 13.3. The van der Waals surface area contributed by atoms with Crippen LogP contribution < -0.4 is 5.32 Å². The summed E-state index contributed by atoms with van der Waals surface area (Å²) in [6.45, 7) is 3.25. The van der Waals surface area contributed by atoms with Crippen molar-refractivity contribution in [3.63, 3.8) is 0 Å². The summed E-state index contributed by atoms with van der Waals surface area (Å²) in [5, 5.41) is 11.9. The highest BCUT2D eigenvalue weighted by Gasteiger charge is 2.44. The van der Waals surface area contributed by atoms with Crippen molar-refractivity contribution < 1.29 is 19.1 Å². The highest BCUT2D eigenvalue weighted by atomic mass is 19.1. The van der Waals surface area contributed by atoms with Crippen LogP contribution in [0.25, 0.3) is 0 Å². The molecule has 0 radical (unpaired) electrons. The predicted octanol–water partition coefficient (Wildman–Crippen LogP) is 2.77.